The number of aliphatic hydroxyl groups is 1. The highest BCUT2D eigenvalue weighted by Crippen LogP contribution is 2.59. The third kappa shape index (κ3) is 4.40. The van der Waals surface area contributed by atoms with Crippen LogP contribution in [0, 0.1) is 11.3 Å². The Labute approximate surface area is 210 Å². The number of carbonyl (C=O) groups excluding carboxylic acids is 1. The molecule has 1 aliphatic carbocycles. The summed E-state index contributed by atoms with van der Waals surface area (Å²) in [6.07, 6.45) is 4.24. The van der Waals surface area contributed by atoms with E-state index in [-0.39, 0.29) is 29.3 Å². The molecule has 0 bridgehead atoms. The zero-order chi connectivity index (χ0) is 24.2. The number of rotatable bonds is 4. The molecule has 1 unspecified atom stereocenters. The molecule has 4 heterocycles. The standard InChI is InChI=1S/C26H33ClN4O4/c1-16-13-30(4-5-31(16)22-14-35-15-23(22)32)21-9-17-10-24(28-12-18(17)8-20(21)27)29-25(33)19-11-26(19)2-6-34-7-3-26/h8-10,12,16,19,22-23,32H,2-7,11,13-15H2,1H3,(H,28,29,33)/t16-,19?,22-,23+/m0/s1. The number of nitrogens with zero attached hydrogens (tertiary/aromatic N) is 3. The summed E-state index contributed by atoms with van der Waals surface area (Å²) in [5.74, 6) is 0.709. The highest BCUT2D eigenvalue weighted by atomic mass is 35.5. The van der Waals surface area contributed by atoms with Crippen LogP contribution < -0.4 is 10.2 Å². The minimum Gasteiger partial charge on any atom is -0.389 e. The molecule has 1 aromatic carbocycles. The molecule has 3 saturated heterocycles. The number of fused-ring (bicyclic) bond motifs is 1. The van der Waals surface area contributed by atoms with Crippen LogP contribution in [0.1, 0.15) is 26.2 Å². The highest BCUT2D eigenvalue weighted by molar-refractivity contribution is 6.34. The van der Waals surface area contributed by atoms with E-state index >= 15 is 0 Å². The predicted octanol–water partition coefficient (Wildman–Crippen LogP) is 2.91. The number of halogens is 1. The van der Waals surface area contributed by atoms with Gasteiger partial charge in [-0.2, -0.15) is 0 Å². The Bertz CT molecular complexity index is 1120. The molecule has 35 heavy (non-hydrogen) atoms. The van der Waals surface area contributed by atoms with Gasteiger partial charge in [0.2, 0.25) is 5.91 Å². The van der Waals surface area contributed by atoms with Crippen molar-refractivity contribution >= 4 is 39.8 Å². The van der Waals surface area contributed by atoms with Crippen LogP contribution in [-0.2, 0) is 14.3 Å². The Morgan fingerprint density at radius 2 is 2.00 bits per heavy atom. The van der Waals surface area contributed by atoms with Crippen LogP contribution in [0.2, 0.25) is 5.02 Å². The minimum absolute atomic E-state index is 0.0585. The third-order valence-electron chi connectivity index (χ3n) is 8.50. The molecule has 1 amide bonds. The summed E-state index contributed by atoms with van der Waals surface area (Å²) in [4.78, 5) is 22.0. The Morgan fingerprint density at radius 3 is 2.74 bits per heavy atom. The fourth-order valence-electron chi connectivity index (χ4n) is 6.26. The van der Waals surface area contributed by atoms with Gasteiger partial charge in [-0.15, -0.1) is 0 Å². The van der Waals surface area contributed by atoms with E-state index in [1.165, 1.54) is 0 Å². The normalized spacial score (nSPS) is 30.7. The molecular weight excluding hydrogens is 468 g/mol. The molecule has 4 atom stereocenters. The molecule has 2 N–H and O–H groups in total. The zero-order valence-electron chi connectivity index (χ0n) is 20.1. The summed E-state index contributed by atoms with van der Waals surface area (Å²) in [5, 5.41) is 16.0. The van der Waals surface area contributed by atoms with Gasteiger partial charge in [0.1, 0.15) is 5.82 Å². The molecule has 188 valence electrons. The van der Waals surface area contributed by atoms with Gasteiger partial charge < -0.3 is 24.8 Å². The van der Waals surface area contributed by atoms with Crippen molar-refractivity contribution in [2.24, 2.45) is 11.3 Å². The van der Waals surface area contributed by atoms with E-state index in [1.54, 1.807) is 6.20 Å². The molecule has 0 radical (unpaired) electrons. The Morgan fingerprint density at radius 1 is 1.17 bits per heavy atom. The predicted molar refractivity (Wildman–Crippen MR) is 135 cm³/mol. The van der Waals surface area contributed by atoms with Crippen molar-refractivity contribution in [1.82, 2.24) is 9.88 Å². The van der Waals surface area contributed by atoms with Gasteiger partial charge in [-0.1, -0.05) is 11.6 Å². The van der Waals surface area contributed by atoms with Gasteiger partial charge in [-0.3, -0.25) is 9.69 Å². The molecular formula is C26H33ClN4O4. The topological polar surface area (TPSA) is 87.2 Å². The molecule has 1 aromatic heterocycles. The molecule has 6 rings (SSSR count). The second kappa shape index (κ2) is 9.16. The molecule has 1 saturated carbocycles. The van der Waals surface area contributed by atoms with Crippen LogP contribution in [0.15, 0.2) is 24.4 Å². The third-order valence-corrected chi connectivity index (χ3v) is 8.80. The van der Waals surface area contributed by atoms with Crippen molar-refractivity contribution in [2.75, 3.05) is 56.3 Å². The number of anilines is 2. The van der Waals surface area contributed by atoms with Crippen LogP contribution in [0.3, 0.4) is 0 Å². The number of hydrogen-bond acceptors (Lipinski definition) is 7. The number of benzene rings is 1. The van der Waals surface area contributed by atoms with E-state index in [0.29, 0.717) is 24.1 Å². The minimum atomic E-state index is -0.425. The number of piperazine rings is 1. The van der Waals surface area contributed by atoms with Gasteiger partial charge in [0, 0.05) is 56.4 Å². The van der Waals surface area contributed by atoms with Crippen LogP contribution in [0.25, 0.3) is 10.8 Å². The maximum atomic E-state index is 12.9. The second-order valence-electron chi connectivity index (χ2n) is 10.6. The summed E-state index contributed by atoms with van der Waals surface area (Å²) in [5.41, 5.74) is 1.13. The van der Waals surface area contributed by atoms with E-state index in [1.807, 2.05) is 12.1 Å². The van der Waals surface area contributed by atoms with Crippen molar-refractivity contribution < 1.29 is 19.4 Å². The monoisotopic (exact) mass is 500 g/mol. The van der Waals surface area contributed by atoms with Gasteiger partial charge in [0.15, 0.2) is 0 Å². The van der Waals surface area contributed by atoms with Gasteiger partial charge in [0.05, 0.1) is 36.1 Å². The molecule has 4 aliphatic rings. The van der Waals surface area contributed by atoms with Gasteiger partial charge in [-0.05, 0) is 55.2 Å². The first-order valence-electron chi connectivity index (χ1n) is 12.7. The zero-order valence-corrected chi connectivity index (χ0v) is 20.8. The number of nitrogens with one attached hydrogen (secondary N) is 1. The van der Waals surface area contributed by atoms with E-state index in [9.17, 15) is 9.90 Å². The Balaban J connectivity index is 1.17. The van der Waals surface area contributed by atoms with Gasteiger partial charge in [0.25, 0.3) is 0 Å². The first kappa shape index (κ1) is 23.4. The van der Waals surface area contributed by atoms with Crippen molar-refractivity contribution in [3.63, 3.8) is 0 Å². The fraction of sp³-hybridized carbons (Fsp3) is 0.615. The number of ether oxygens (including phenoxy) is 2. The lowest BCUT2D eigenvalue weighted by molar-refractivity contribution is -0.118. The fourth-order valence-corrected chi connectivity index (χ4v) is 6.55. The molecule has 4 fully saturated rings. The van der Waals surface area contributed by atoms with E-state index in [4.69, 9.17) is 21.1 Å². The average molecular weight is 501 g/mol. The summed E-state index contributed by atoms with van der Waals surface area (Å²) < 4.78 is 10.9. The van der Waals surface area contributed by atoms with Crippen LogP contribution in [0.4, 0.5) is 11.5 Å². The SMILES string of the molecule is C[C@H]1CN(c2cc3cc(NC(=O)C4CC45CCOCC5)ncc3cc2Cl)CCN1[C@H]1COC[C@H]1O. The summed E-state index contributed by atoms with van der Waals surface area (Å²) >= 11 is 6.70. The number of aliphatic hydroxyl groups excluding tert-OH is 1. The molecule has 1 spiro atoms. The second-order valence-corrected chi connectivity index (χ2v) is 11.1. The van der Waals surface area contributed by atoms with Gasteiger partial charge in [-0.25, -0.2) is 4.98 Å². The maximum absolute atomic E-state index is 12.9. The molecule has 8 nitrogen and oxygen atoms in total. The summed E-state index contributed by atoms with van der Waals surface area (Å²) in [7, 11) is 0. The number of hydrogen-bond donors (Lipinski definition) is 2. The lowest BCUT2D eigenvalue weighted by Crippen LogP contribution is -2.58. The Kier molecular flexibility index (Phi) is 6.13. The van der Waals surface area contributed by atoms with E-state index < -0.39 is 6.10 Å². The smallest absolute Gasteiger partial charge is 0.229 e. The van der Waals surface area contributed by atoms with Crippen molar-refractivity contribution in [2.45, 2.75) is 44.4 Å². The lowest BCUT2D eigenvalue weighted by Gasteiger charge is -2.44. The van der Waals surface area contributed by atoms with Crippen molar-refractivity contribution in [3.05, 3.63) is 29.4 Å². The van der Waals surface area contributed by atoms with Crippen molar-refractivity contribution in [1.29, 1.82) is 0 Å². The Hall–Kier alpha value is -1.97. The molecule has 2 aromatic rings. The molecule has 9 heteroatoms. The van der Waals surface area contributed by atoms with E-state index in [2.05, 4.69) is 33.1 Å². The number of amides is 1. The average Bonchev–Trinajstić information content (AvgIpc) is 3.37. The largest absolute Gasteiger partial charge is 0.389 e. The van der Waals surface area contributed by atoms with Crippen molar-refractivity contribution in [3.8, 4) is 0 Å². The highest BCUT2D eigenvalue weighted by Gasteiger charge is 2.58. The quantitative estimate of drug-likeness (QED) is 0.667. The van der Waals surface area contributed by atoms with Crippen LogP contribution in [-0.4, -0.2) is 85.1 Å². The van der Waals surface area contributed by atoms with E-state index in [0.717, 1.165) is 68.6 Å². The van der Waals surface area contributed by atoms with Crippen LogP contribution >= 0.6 is 11.6 Å². The maximum Gasteiger partial charge on any atom is 0.229 e. The first-order chi connectivity index (χ1) is 16.9. The van der Waals surface area contributed by atoms with Gasteiger partial charge >= 0.3 is 0 Å². The number of aromatic nitrogens is 1. The molecule has 3 aliphatic heterocycles. The lowest BCUT2D eigenvalue weighted by atomic mass is 9.93. The summed E-state index contributed by atoms with van der Waals surface area (Å²) in [6, 6.07) is 6.32. The number of pyridine rings is 1. The first-order valence-corrected chi connectivity index (χ1v) is 13.1. The van der Waals surface area contributed by atoms with Crippen LogP contribution in [0.5, 0.6) is 0 Å². The summed E-state index contributed by atoms with van der Waals surface area (Å²) in [6.45, 7) is 7.17. The number of carbonyl (C=O) groups is 1.